The number of imide groups is 1. The van der Waals surface area contributed by atoms with E-state index < -0.39 is 0 Å². The van der Waals surface area contributed by atoms with Gasteiger partial charge < -0.3 is 10.1 Å². The van der Waals surface area contributed by atoms with Crippen molar-refractivity contribution < 1.29 is 19.1 Å². The third kappa shape index (κ3) is 3.78. The number of amides is 3. The molecule has 3 amide bonds. The third-order valence-corrected chi connectivity index (χ3v) is 8.55. The first-order valence-corrected chi connectivity index (χ1v) is 11.4. The van der Waals surface area contributed by atoms with E-state index in [1.165, 1.54) is 4.90 Å². The second-order valence-electron chi connectivity index (χ2n) is 7.62. The Bertz CT molecular complexity index is 751. The van der Waals surface area contributed by atoms with Crippen LogP contribution in [0.25, 0.3) is 0 Å². The van der Waals surface area contributed by atoms with Crippen LogP contribution in [0.15, 0.2) is 24.3 Å². The molecule has 2 heterocycles. The largest absolute Gasteiger partial charge is 0.376 e. The molecule has 5 atom stereocenters. The molecular weight excluding hydrogens is 492 g/mol. The van der Waals surface area contributed by atoms with E-state index in [4.69, 9.17) is 4.74 Å². The number of hydrogen-bond acceptors (Lipinski definition) is 4. The highest BCUT2D eigenvalue weighted by atomic mass is 79.9. The number of benzene rings is 1. The Hall–Kier alpha value is -1.25. The van der Waals surface area contributed by atoms with E-state index >= 15 is 0 Å². The number of alkyl halides is 2. The number of carbonyl (C=O) groups is 3. The maximum absolute atomic E-state index is 12.8. The van der Waals surface area contributed by atoms with Crippen molar-refractivity contribution in [1.29, 1.82) is 0 Å². The number of nitrogens with zero attached hydrogens (tertiary/aromatic N) is 1. The number of anilines is 1. The van der Waals surface area contributed by atoms with Gasteiger partial charge in [-0.15, -0.1) is 0 Å². The molecule has 6 nitrogen and oxygen atoms in total. The minimum atomic E-state index is -0.278. The summed E-state index contributed by atoms with van der Waals surface area (Å²) in [5.41, 5.74) is 1.02. The highest BCUT2D eigenvalue weighted by Crippen LogP contribution is 2.44. The zero-order chi connectivity index (χ0) is 19.8. The van der Waals surface area contributed by atoms with Gasteiger partial charge in [-0.25, -0.2) is 0 Å². The zero-order valence-electron chi connectivity index (χ0n) is 15.3. The molecule has 8 heteroatoms. The standard InChI is InChI=1S/C20H22Br2N2O4/c21-16-8-14-15(9-17(16)22)20(27)24(19(14)26)12-5-3-11(4-6-12)18(25)23-10-13-2-1-7-28-13/h3-6,13-17H,1-2,7-10H2,(H,23,25)/t13-,14-,15+,16+,17-/m1/s1. The zero-order valence-corrected chi connectivity index (χ0v) is 18.4. The molecule has 3 fully saturated rings. The lowest BCUT2D eigenvalue weighted by Crippen LogP contribution is -2.34. The maximum atomic E-state index is 12.8. The minimum Gasteiger partial charge on any atom is -0.376 e. The summed E-state index contributed by atoms with van der Waals surface area (Å²) < 4.78 is 5.51. The summed E-state index contributed by atoms with van der Waals surface area (Å²) in [6, 6.07) is 6.66. The second-order valence-corrected chi connectivity index (χ2v) is 9.97. The smallest absolute Gasteiger partial charge is 0.251 e. The Morgan fingerprint density at radius 2 is 1.68 bits per heavy atom. The van der Waals surface area contributed by atoms with Gasteiger partial charge in [0.05, 0.1) is 23.6 Å². The quantitative estimate of drug-likeness (QED) is 0.496. The van der Waals surface area contributed by atoms with E-state index in [-0.39, 0.29) is 45.3 Å². The second kappa shape index (κ2) is 8.24. The van der Waals surface area contributed by atoms with Crippen LogP contribution in [0, 0.1) is 11.8 Å². The van der Waals surface area contributed by atoms with Gasteiger partial charge in [-0.3, -0.25) is 19.3 Å². The summed E-state index contributed by atoms with van der Waals surface area (Å²) in [6.45, 7) is 1.25. The Labute approximate surface area is 180 Å². The summed E-state index contributed by atoms with van der Waals surface area (Å²) >= 11 is 7.19. The van der Waals surface area contributed by atoms with Crippen molar-refractivity contribution in [3.05, 3.63) is 29.8 Å². The van der Waals surface area contributed by atoms with E-state index in [1.54, 1.807) is 24.3 Å². The summed E-state index contributed by atoms with van der Waals surface area (Å²) in [7, 11) is 0. The molecule has 1 saturated carbocycles. The van der Waals surface area contributed by atoms with Crippen LogP contribution in [-0.4, -0.2) is 46.6 Å². The van der Waals surface area contributed by atoms with Gasteiger partial charge in [0.25, 0.3) is 5.91 Å². The normalized spacial score (nSPS) is 32.5. The lowest BCUT2D eigenvalue weighted by atomic mass is 9.81. The van der Waals surface area contributed by atoms with Crippen LogP contribution in [0.3, 0.4) is 0 Å². The van der Waals surface area contributed by atoms with Gasteiger partial charge in [0.1, 0.15) is 0 Å². The number of carbonyl (C=O) groups excluding carboxylic acids is 3. The number of halogens is 2. The molecule has 28 heavy (non-hydrogen) atoms. The van der Waals surface area contributed by atoms with Crippen molar-refractivity contribution in [1.82, 2.24) is 5.32 Å². The number of fused-ring (bicyclic) bond motifs is 1. The number of hydrogen-bond donors (Lipinski definition) is 1. The first-order valence-electron chi connectivity index (χ1n) is 9.61. The molecule has 0 aromatic heterocycles. The van der Waals surface area contributed by atoms with Gasteiger partial charge in [-0.2, -0.15) is 0 Å². The Balaban J connectivity index is 1.44. The van der Waals surface area contributed by atoms with E-state index in [1.807, 2.05) is 0 Å². The molecule has 1 N–H and O–H groups in total. The summed E-state index contributed by atoms with van der Waals surface area (Å²) in [5.74, 6) is -1.02. The van der Waals surface area contributed by atoms with E-state index in [0.29, 0.717) is 30.6 Å². The summed E-state index contributed by atoms with van der Waals surface area (Å²) in [6.07, 6.45) is 3.37. The van der Waals surface area contributed by atoms with Gasteiger partial charge in [-0.05, 0) is 49.9 Å². The molecular formula is C20H22Br2N2O4. The Morgan fingerprint density at radius 1 is 1.07 bits per heavy atom. The number of rotatable bonds is 4. The van der Waals surface area contributed by atoms with Crippen LogP contribution >= 0.6 is 31.9 Å². The van der Waals surface area contributed by atoms with Gasteiger partial charge in [-0.1, -0.05) is 31.9 Å². The van der Waals surface area contributed by atoms with E-state index in [0.717, 1.165) is 19.4 Å². The lowest BCUT2D eigenvalue weighted by molar-refractivity contribution is -0.122. The molecule has 0 spiro atoms. The average molecular weight is 514 g/mol. The highest BCUT2D eigenvalue weighted by molar-refractivity contribution is 9.12. The molecule has 2 saturated heterocycles. The SMILES string of the molecule is O=C(NC[C@H]1CCCO1)c1ccc(N2C(=O)[C@H]3C[C@@H](Br)[C@@H](Br)C[C@H]3C2=O)cc1. The van der Waals surface area contributed by atoms with Crippen LogP contribution in [0.4, 0.5) is 5.69 Å². The van der Waals surface area contributed by atoms with Crippen LogP contribution in [0.5, 0.6) is 0 Å². The molecule has 150 valence electrons. The highest BCUT2D eigenvalue weighted by Gasteiger charge is 2.52. The molecule has 1 aromatic carbocycles. The molecule has 2 aliphatic heterocycles. The van der Waals surface area contributed by atoms with Crippen LogP contribution < -0.4 is 10.2 Å². The predicted molar refractivity (Wildman–Crippen MR) is 112 cm³/mol. The predicted octanol–water partition coefficient (Wildman–Crippen LogP) is 3.02. The molecule has 0 unspecified atom stereocenters. The van der Waals surface area contributed by atoms with Crippen LogP contribution in [0.1, 0.15) is 36.0 Å². The number of nitrogens with one attached hydrogen (secondary N) is 1. The van der Waals surface area contributed by atoms with Gasteiger partial charge in [0, 0.05) is 28.4 Å². The van der Waals surface area contributed by atoms with Crippen LogP contribution in [0.2, 0.25) is 0 Å². The van der Waals surface area contributed by atoms with Crippen molar-refractivity contribution in [2.75, 3.05) is 18.1 Å². The van der Waals surface area contributed by atoms with E-state index in [2.05, 4.69) is 37.2 Å². The first-order chi connectivity index (χ1) is 13.5. The third-order valence-electron chi connectivity index (χ3n) is 5.81. The first kappa shape index (κ1) is 20.0. The van der Waals surface area contributed by atoms with E-state index in [9.17, 15) is 14.4 Å². The van der Waals surface area contributed by atoms with Gasteiger partial charge in [0.15, 0.2) is 0 Å². The molecule has 3 aliphatic rings. The summed E-state index contributed by atoms with van der Waals surface area (Å²) in [4.78, 5) is 39.7. The number of ether oxygens (including phenoxy) is 1. The molecule has 0 radical (unpaired) electrons. The Morgan fingerprint density at radius 3 is 2.21 bits per heavy atom. The molecule has 4 rings (SSSR count). The lowest BCUT2D eigenvalue weighted by Gasteiger charge is -2.29. The van der Waals surface area contributed by atoms with Crippen LogP contribution in [-0.2, 0) is 14.3 Å². The minimum absolute atomic E-state index is 0.0860. The van der Waals surface area contributed by atoms with Crippen molar-refractivity contribution in [2.24, 2.45) is 11.8 Å². The van der Waals surface area contributed by atoms with Crippen molar-refractivity contribution in [3.63, 3.8) is 0 Å². The topological polar surface area (TPSA) is 75.7 Å². The average Bonchev–Trinajstić information content (AvgIpc) is 3.29. The monoisotopic (exact) mass is 512 g/mol. The fourth-order valence-electron chi connectivity index (χ4n) is 4.23. The Kier molecular flexibility index (Phi) is 5.90. The van der Waals surface area contributed by atoms with Gasteiger partial charge >= 0.3 is 0 Å². The van der Waals surface area contributed by atoms with Gasteiger partial charge in [0.2, 0.25) is 11.8 Å². The molecule has 0 bridgehead atoms. The fourth-order valence-corrected chi connectivity index (χ4v) is 5.46. The van der Waals surface area contributed by atoms with Crippen molar-refractivity contribution in [2.45, 2.75) is 41.4 Å². The van der Waals surface area contributed by atoms with Crippen molar-refractivity contribution in [3.8, 4) is 0 Å². The maximum Gasteiger partial charge on any atom is 0.251 e. The fraction of sp³-hybridized carbons (Fsp3) is 0.550. The summed E-state index contributed by atoms with van der Waals surface area (Å²) in [5, 5.41) is 2.88. The van der Waals surface area contributed by atoms with Crippen molar-refractivity contribution >= 4 is 55.3 Å². The molecule has 1 aliphatic carbocycles. The molecule has 1 aromatic rings.